The topological polar surface area (TPSA) is 91.2 Å². The van der Waals surface area contributed by atoms with E-state index in [1.807, 2.05) is 20.8 Å². The van der Waals surface area contributed by atoms with Gasteiger partial charge >= 0.3 is 0 Å². The van der Waals surface area contributed by atoms with E-state index in [0.717, 1.165) is 6.07 Å². The molecule has 43 heavy (non-hydrogen) atoms. The van der Waals surface area contributed by atoms with Crippen LogP contribution in [0.15, 0.2) is 54.6 Å². The fourth-order valence-corrected chi connectivity index (χ4v) is 6.28. The number of benzene rings is 3. The Morgan fingerprint density at radius 3 is 2.44 bits per heavy atom. The van der Waals surface area contributed by atoms with Crippen LogP contribution in [0.25, 0.3) is 0 Å². The van der Waals surface area contributed by atoms with Crippen molar-refractivity contribution in [3.8, 4) is 11.8 Å². The van der Waals surface area contributed by atoms with Crippen LogP contribution in [0.1, 0.15) is 67.9 Å². The zero-order valence-electron chi connectivity index (χ0n) is 24.5. The first kappa shape index (κ1) is 32.4. The second-order valence-electron chi connectivity index (χ2n) is 11.9. The molecule has 3 aromatic carbocycles. The summed E-state index contributed by atoms with van der Waals surface area (Å²) in [6.45, 7) is 7.62. The van der Waals surface area contributed by atoms with Crippen LogP contribution in [0.4, 0.5) is 14.5 Å². The quantitative estimate of drug-likeness (QED) is 0.248. The standard InChI is InChI=1S/C33H33Cl2F2N3O3/c1-6-25(41)18-10-13-24(26(14-18)43-5)39-31(42)30-28(20-8-7-9-22(35)29(20)37)33(17-38,27(40-30)16-32(2,3)4)21-12-11-19(34)15-23(21)36/h7-15,27-28,30,40H,6,16H2,1-5H3,(H,39,42)/t27-,28-,30+,33-/m0/s1. The summed E-state index contributed by atoms with van der Waals surface area (Å²) in [6.07, 6.45) is 0.628. The predicted octanol–water partition coefficient (Wildman–Crippen LogP) is 7.83. The fraction of sp³-hybridized carbons (Fsp3) is 0.364. The zero-order valence-corrected chi connectivity index (χ0v) is 26.0. The Bertz CT molecular complexity index is 1600. The lowest BCUT2D eigenvalue weighted by molar-refractivity contribution is -0.118. The molecule has 226 valence electrons. The first-order valence-electron chi connectivity index (χ1n) is 13.9. The largest absolute Gasteiger partial charge is 0.495 e. The van der Waals surface area contributed by atoms with Crippen molar-refractivity contribution < 1.29 is 23.1 Å². The molecule has 1 aliphatic heterocycles. The Kier molecular flexibility index (Phi) is 9.51. The highest BCUT2D eigenvalue weighted by Crippen LogP contribution is 2.53. The van der Waals surface area contributed by atoms with Gasteiger partial charge in [-0.2, -0.15) is 5.26 Å². The molecule has 4 rings (SSSR count). The van der Waals surface area contributed by atoms with Gasteiger partial charge in [0.05, 0.1) is 29.9 Å². The van der Waals surface area contributed by atoms with Crippen molar-refractivity contribution in [2.75, 3.05) is 12.4 Å². The second kappa shape index (κ2) is 12.6. The van der Waals surface area contributed by atoms with Gasteiger partial charge in [-0.05, 0) is 53.8 Å². The Hall–Kier alpha value is -3.51. The van der Waals surface area contributed by atoms with Crippen molar-refractivity contribution in [2.45, 2.75) is 64.0 Å². The Morgan fingerprint density at radius 1 is 1.12 bits per heavy atom. The van der Waals surface area contributed by atoms with Gasteiger partial charge in [0.15, 0.2) is 5.78 Å². The Morgan fingerprint density at radius 2 is 1.84 bits per heavy atom. The van der Waals surface area contributed by atoms with E-state index in [-0.39, 0.29) is 43.8 Å². The highest BCUT2D eigenvalue weighted by molar-refractivity contribution is 6.31. The van der Waals surface area contributed by atoms with Crippen LogP contribution in [-0.2, 0) is 10.2 Å². The number of nitrogens with zero attached hydrogens (tertiary/aromatic N) is 1. The number of amides is 1. The van der Waals surface area contributed by atoms with E-state index < -0.39 is 41.0 Å². The molecule has 1 saturated heterocycles. The molecule has 6 nitrogen and oxygen atoms in total. The van der Waals surface area contributed by atoms with Gasteiger partial charge in [0.1, 0.15) is 22.8 Å². The molecular formula is C33H33Cl2F2N3O3. The molecule has 4 atom stereocenters. The molecule has 1 fully saturated rings. The molecule has 0 unspecified atom stereocenters. The molecule has 0 aromatic heterocycles. The maximum atomic E-state index is 15.8. The number of anilines is 1. The van der Waals surface area contributed by atoms with E-state index >= 15 is 8.78 Å². The van der Waals surface area contributed by atoms with Gasteiger partial charge < -0.3 is 15.4 Å². The van der Waals surface area contributed by atoms with Crippen LogP contribution < -0.4 is 15.4 Å². The SMILES string of the molecule is CCC(=O)c1ccc(NC(=O)[C@@H]2N[C@@H](CC(C)(C)C)[C@](C#N)(c3ccc(Cl)cc3F)[C@H]2c2cccc(Cl)c2F)c(OC)c1. The van der Waals surface area contributed by atoms with Gasteiger partial charge in [-0.15, -0.1) is 0 Å². The first-order chi connectivity index (χ1) is 20.3. The number of rotatable bonds is 8. The number of halogens is 4. The van der Waals surface area contributed by atoms with E-state index in [4.69, 9.17) is 27.9 Å². The molecule has 1 aliphatic rings. The third-order valence-corrected chi connectivity index (χ3v) is 8.36. The fourth-order valence-electron chi connectivity index (χ4n) is 5.94. The average molecular weight is 629 g/mol. The smallest absolute Gasteiger partial charge is 0.242 e. The van der Waals surface area contributed by atoms with Crippen molar-refractivity contribution in [1.29, 1.82) is 5.26 Å². The van der Waals surface area contributed by atoms with Crippen molar-refractivity contribution in [2.24, 2.45) is 5.41 Å². The molecule has 0 bridgehead atoms. The normalized spacial score (nSPS) is 21.7. The van der Waals surface area contributed by atoms with E-state index in [9.17, 15) is 14.9 Å². The third kappa shape index (κ3) is 6.26. The molecule has 10 heteroatoms. The van der Waals surface area contributed by atoms with E-state index in [2.05, 4.69) is 16.7 Å². The van der Waals surface area contributed by atoms with E-state index in [1.165, 1.54) is 43.5 Å². The number of nitriles is 1. The van der Waals surface area contributed by atoms with Gasteiger partial charge in [-0.3, -0.25) is 9.59 Å². The number of hydrogen-bond donors (Lipinski definition) is 2. The zero-order chi connectivity index (χ0) is 31.7. The number of methoxy groups -OCH3 is 1. The summed E-state index contributed by atoms with van der Waals surface area (Å²) in [7, 11) is 1.41. The summed E-state index contributed by atoms with van der Waals surface area (Å²) in [5.41, 5.74) is -1.47. The minimum atomic E-state index is -1.75. The molecule has 1 amide bonds. The monoisotopic (exact) mass is 627 g/mol. The maximum Gasteiger partial charge on any atom is 0.242 e. The van der Waals surface area contributed by atoms with Crippen LogP contribution in [0.5, 0.6) is 5.75 Å². The van der Waals surface area contributed by atoms with Gasteiger partial charge in [0, 0.05) is 34.5 Å². The third-order valence-electron chi connectivity index (χ3n) is 7.83. The number of ketones is 1. The number of carbonyl (C=O) groups excluding carboxylic acids is 2. The summed E-state index contributed by atoms with van der Waals surface area (Å²) < 4.78 is 37.1. The predicted molar refractivity (Wildman–Crippen MR) is 164 cm³/mol. The number of carbonyl (C=O) groups is 2. The van der Waals surface area contributed by atoms with Crippen molar-refractivity contribution >= 4 is 40.6 Å². The van der Waals surface area contributed by atoms with Gasteiger partial charge in [0.25, 0.3) is 0 Å². The molecule has 0 radical (unpaired) electrons. The first-order valence-corrected chi connectivity index (χ1v) is 14.6. The molecule has 3 aromatic rings. The van der Waals surface area contributed by atoms with Crippen molar-refractivity contribution in [1.82, 2.24) is 5.32 Å². The number of ether oxygens (including phenoxy) is 1. The molecule has 2 N–H and O–H groups in total. The molecule has 0 aliphatic carbocycles. The minimum absolute atomic E-state index is 0.0108. The van der Waals surface area contributed by atoms with Crippen LogP contribution in [0, 0.1) is 28.4 Å². The molecule has 0 saturated carbocycles. The van der Waals surface area contributed by atoms with Gasteiger partial charge in [0.2, 0.25) is 5.91 Å². The molecular weight excluding hydrogens is 595 g/mol. The lowest BCUT2D eigenvalue weighted by Gasteiger charge is -2.37. The molecule has 0 spiro atoms. The van der Waals surface area contributed by atoms with Crippen LogP contribution in [-0.4, -0.2) is 30.9 Å². The van der Waals surface area contributed by atoms with E-state index in [0.29, 0.717) is 18.4 Å². The van der Waals surface area contributed by atoms with Crippen LogP contribution >= 0.6 is 23.2 Å². The van der Waals surface area contributed by atoms with Gasteiger partial charge in [-0.1, -0.05) is 69.1 Å². The maximum absolute atomic E-state index is 15.8. The highest BCUT2D eigenvalue weighted by atomic mass is 35.5. The number of hydrogen-bond acceptors (Lipinski definition) is 5. The lowest BCUT2D eigenvalue weighted by Crippen LogP contribution is -2.45. The Labute approximate surface area is 260 Å². The van der Waals surface area contributed by atoms with Crippen LogP contribution in [0.3, 0.4) is 0 Å². The second-order valence-corrected chi connectivity index (χ2v) is 12.7. The number of nitrogens with one attached hydrogen (secondary N) is 2. The molecule has 1 heterocycles. The highest BCUT2D eigenvalue weighted by Gasteiger charge is 2.61. The summed E-state index contributed by atoms with van der Waals surface area (Å²) >= 11 is 12.3. The summed E-state index contributed by atoms with van der Waals surface area (Å²) in [4.78, 5) is 26.4. The average Bonchev–Trinajstić information content (AvgIpc) is 3.27. The summed E-state index contributed by atoms with van der Waals surface area (Å²) in [6, 6.07) is 13.3. The van der Waals surface area contributed by atoms with Crippen molar-refractivity contribution in [3.05, 3.63) is 93.0 Å². The van der Waals surface area contributed by atoms with Crippen molar-refractivity contribution in [3.63, 3.8) is 0 Å². The summed E-state index contributed by atoms with van der Waals surface area (Å²) in [5.74, 6) is -3.23. The summed E-state index contributed by atoms with van der Waals surface area (Å²) in [5, 5.41) is 17.0. The number of Topliss-reactive ketones (excluding diaryl/α,β-unsaturated/α-hetero) is 1. The Balaban J connectivity index is 1.93. The minimum Gasteiger partial charge on any atom is -0.495 e. The van der Waals surface area contributed by atoms with E-state index in [1.54, 1.807) is 19.1 Å². The van der Waals surface area contributed by atoms with Crippen LogP contribution in [0.2, 0.25) is 10.0 Å². The lowest BCUT2D eigenvalue weighted by atomic mass is 9.62. The van der Waals surface area contributed by atoms with Gasteiger partial charge in [-0.25, -0.2) is 8.78 Å².